The zero-order valence-electron chi connectivity index (χ0n) is 20.5. The van der Waals surface area contributed by atoms with Crippen molar-refractivity contribution in [3.8, 4) is 11.5 Å². The van der Waals surface area contributed by atoms with Crippen LogP contribution in [0, 0.1) is 0 Å². The molecule has 1 heterocycles. The lowest BCUT2D eigenvalue weighted by Gasteiger charge is -2.08. The number of amides is 2. The summed E-state index contributed by atoms with van der Waals surface area (Å²) < 4.78 is 11.6. The van der Waals surface area contributed by atoms with Gasteiger partial charge in [0, 0.05) is 11.6 Å². The van der Waals surface area contributed by atoms with Crippen LogP contribution in [0.2, 0.25) is 0 Å². The first-order valence-electron chi connectivity index (χ1n) is 12.4. The molecular weight excluding hydrogens is 466 g/mol. The third kappa shape index (κ3) is 7.77. The van der Waals surface area contributed by atoms with Crippen molar-refractivity contribution in [3.63, 3.8) is 0 Å². The summed E-state index contributed by atoms with van der Waals surface area (Å²) in [6.45, 7) is 1.26. The molecule has 0 aromatic heterocycles. The Labute approximate surface area is 216 Å². The molecule has 1 aliphatic heterocycles. The van der Waals surface area contributed by atoms with Gasteiger partial charge in [-0.3, -0.25) is 19.7 Å². The second-order valence-electron chi connectivity index (χ2n) is 8.64. The van der Waals surface area contributed by atoms with Crippen LogP contribution in [0.25, 0.3) is 11.6 Å². The molecule has 6 heteroatoms. The zero-order valence-corrected chi connectivity index (χ0v) is 20.5. The van der Waals surface area contributed by atoms with Crippen molar-refractivity contribution in [2.45, 2.75) is 25.7 Å². The van der Waals surface area contributed by atoms with Crippen LogP contribution in [-0.2, 0) is 9.59 Å². The fourth-order valence-electron chi connectivity index (χ4n) is 3.84. The summed E-state index contributed by atoms with van der Waals surface area (Å²) >= 11 is 0. The van der Waals surface area contributed by atoms with Gasteiger partial charge in [-0.25, -0.2) is 0 Å². The summed E-state index contributed by atoms with van der Waals surface area (Å²) in [6, 6.07) is 24.1. The van der Waals surface area contributed by atoms with Crippen LogP contribution in [0.1, 0.15) is 47.2 Å². The Bertz CT molecular complexity index is 1280. The molecule has 1 aliphatic rings. The highest BCUT2D eigenvalue weighted by Gasteiger charge is 2.21. The standard InChI is InChI=1S/C31H29NO5/c33-29(25-8-4-3-5-9-25)19-12-23-10-15-26(16-11-23)36-20-6-1-2-7-21-37-27-17-13-24(14-18-27)28-22-30(34)32-31(28)35/h3-5,8-19,22H,1-2,6-7,20-21H2,(H,32,34,35). The van der Waals surface area contributed by atoms with Gasteiger partial charge in [0.25, 0.3) is 11.8 Å². The predicted molar refractivity (Wildman–Crippen MR) is 143 cm³/mol. The molecule has 6 nitrogen and oxygen atoms in total. The van der Waals surface area contributed by atoms with Crippen LogP contribution >= 0.6 is 0 Å². The number of hydrogen-bond acceptors (Lipinski definition) is 5. The van der Waals surface area contributed by atoms with Crippen molar-refractivity contribution >= 4 is 29.2 Å². The number of unbranched alkanes of at least 4 members (excludes halogenated alkanes) is 3. The first-order valence-corrected chi connectivity index (χ1v) is 12.4. The maximum absolute atomic E-state index is 12.2. The quantitative estimate of drug-likeness (QED) is 0.144. The molecule has 0 fully saturated rings. The van der Waals surface area contributed by atoms with Gasteiger partial charge in [0.1, 0.15) is 11.5 Å². The Morgan fingerprint density at radius 2 is 1.32 bits per heavy atom. The van der Waals surface area contributed by atoms with E-state index in [9.17, 15) is 14.4 Å². The number of hydrogen-bond donors (Lipinski definition) is 1. The summed E-state index contributed by atoms with van der Waals surface area (Å²) in [5.41, 5.74) is 2.69. The van der Waals surface area contributed by atoms with Crippen molar-refractivity contribution in [1.29, 1.82) is 0 Å². The molecule has 2 amide bonds. The largest absolute Gasteiger partial charge is 0.494 e. The van der Waals surface area contributed by atoms with E-state index in [4.69, 9.17) is 9.47 Å². The third-order valence-corrected chi connectivity index (χ3v) is 5.86. The number of carbonyl (C=O) groups is 3. The van der Waals surface area contributed by atoms with Gasteiger partial charge in [0.05, 0.1) is 18.8 Å². The first-order chi connectivity index (χ1) is 18.1. The molecule has 0 saturated carbocycles. The highest BCUT2D eigenvalue weighted by atomic mass is 16.5. The lowest BCUT2D eigenvalue weighted by atomic mass is 10.1. The smallest absolute Gasteiger partial charge is 0.258 e. The van der Waals surface area contributed by atoms with Gasteiger partial charge >= 0.3 is 0 Å². The van der Waals surface area contributed by atoms with Gasteiger partial charge in [0.2, 0.25) is 0 Å². The minimum Gasteiger partial charge on any atom is -0.494 e. The Morgan fingerprint density at radius 1 is 0.730 bits per heavy atom. The molecule has 1 N–H and O–H groups in total. The summed E-state index contributed by atoms with van der Waals surface area (Å²) in [4.78, 5) is 35.2. The average molecular weight is 496 g/mol. The lowest BCUT2D eigenvalue weighted by Crippen LogP contribution is -2.21. The maximum Gasteiger partial charge on any atom is 0.258 e. The van der Waals surface area contributed by atoms with Gasteiger partial charge in [-0.15, -0.1) is 0 Å². The van der Waals surface area contributed by atoms with Crippen molar-refractivity contribution in [2.24, 2.45) is 0 Å². The highest BCUT2D eigenvalue weighted by Crippen LogP contribution is 2.21. The topological polar surface area (TPSA) is 81.7 Å². The number of ketones is 1. The van der Waals surface area contributed by atoms with E-state index in [-0.39, 0.29) is 17.6 Å². The molecule has 4 rings (SSSR count). The fourth-order valence-corrected chi connectivity index (χ4v) is 3.84. The van der Waals surface area contributed by atoms with Crippen LogP contribution in [0.5, 0.6) is 11.5 Å². The lowest BCUT2D eigenvalue weighted by molar-refractivity contribution is -0.123. The maximum atomic E-state index is 12.2. The van der Waals surface area contributed by atoms with Gasteiger partial charge in [-0.2, -0.15) is 0 Å². The molecule has 3 aromatic carbocycles. The summed E-state index contributed by atoms with van der Waals surface area (Å²) in [6.07, 6.45) is 8.68. The van der Waals surface area contributed by atoms with E-state index in [1.807, 2.05) is 60.7 Å². The number of nitrogens with one attached hydrogen (secondary N) is 1. The monoisotopic (exact) mass is 495 g/mol. The van der Waals surface area contributed by atoms with E-state index in [1.165, 1.54) is 6.08 Å². The van der Waals surface area contributed by atoms with Crippen LogP contribution in [0.15, 0.2) is 91.0 Å². The van der Waals surface area contributed by atoms with Crippen LogP contribution in [0.4, 0.5) is 0 Å². The highest BCUT2D eigenvalue weighted by molar-refractivity contribution is 6.33. The molecule has 188 valence electrons. The molecule has 0 unspecified atom stereocenters. The fraction of sp³-hybridized carbons (Fsp3) is 0.194. The van der Waals surface area contributed by atoms with E-state index in [2.05, 4.69) is 5.32 Å². The van der Waals surface area contributed by atoms with Gasteiger partial charge in [-0.05, 0) is 67.2 Å². The Morgan fingerprint density at radius 3 is 1.89 bits per heavy atom. The minimum atomic E-state index is -0.384. The van der Waals surface area contributed by atoms with Gasteiger partial charge in [0.15, 0.2) is 5.78 Å². The van der Waals surface area contributed by atoms with Crippen LogP contribution in [0.3, 0.4) is 0 Å². The molecule has 0 bridgehead atoms. The summed E-state index contributed by atoms with van der Waals surface area (Å²) in [5, 5.41) is 2.24. The Kier molecular flexibility index (Phi) is 9.02. The van der Waals surface area contributed by atoms with Crippen molar-refractivity contribution < 1.29 is 23.9 Å². The Hall–Kier alpha value is -4.45. The zero-order chi connectivity index (χ0) is 25.9. The van der Waals surface area contributed by atoms with Crippen molar-refractivity contribution in [3.05, 3.63) is 108 Å². The van der Waals surface area contributed by atoms with Gasteiger partial charge in [-0.1, -0.05) is 60.7 Å². The van der Waals surface area contributed by atoms with Gasteiger partial charge < -0.3 is 9.47 Å². The van der Waals surface area contributed by atoms with Crippen LogP contribution < -0.4 is 14.8 Å². The molecule has 3 aromatic rings. The number of rotatable bonds is 13. The summed E-state index contributed by atoms with van der Waals surface area (Å²) in [7, 11) is 0. The molecule has 0 spiro atoms. The average Bonchev–Trinajstić information content (AvgIpc) is 3.27. The Balaban J connectivity index is 1.07. The second-order valence-corrected chi connectivity index (χ2v) is 8.64. The van der Waals surface area contributed by atoms with E-state index in [1.54, 1.807) is 30.3 Å². The van der Waals surface area contributed by atoms with Crippen molar-refractivity contribution in [1.82, 2.24) is 5.32 Å². The SMILES string of the molecule is O=C1C=C(c2ccc(OCCCCCCOc3ccc(C=CC(=O)c4ccccc4)cc3)cc2)C(=O)N1. The van der Waals surface area contributed by atoms with Crippen LogP contribution in [-0.4, -0.2) is 30.8 Å². The second kappa shape index (κ2) is 13.0. The molecule has 37 heavy (non-hydrogen) atoms. The number of ether oxygens (including phenoxy) is 2. The van der Waals surface area contributed by atoms with E-state index >= 15 is 0 Å². The summed E-state index contributed by atoms with van der Waals surface area (Å²) in [5.74, 6) is 0.776. The first kappa shape index (κ1) is 25.6. The molecule has 0 radical (unpaired) electrons. The number of benzene rings is 3. The molecule has 0 atom stereocenters. The number of imide groups is 1. The van der Waals surface area contributed by atoms with E-state index in [0.29, 0.717) is 29.9 Å². The third-order valence-electron chi connectivity index (χ3n) is 5.86. The predicted octanol–water partition coefficient (Wildman–Crippen LogP) is 5.64. The molecule has 0 aliphatic carbocycles. The van der Waals surface area contributed by atoms with E-state index < -0.39 is 0 Å². The number of allylic oxidation sites excluding steroid dienone is 1. The van der Waals surface area contributed by atoms with Crippen molar-refractivity contribution in [2.75, 3.05) is 13.2 Å². The molecular formula is C31H29NO5. The number of carbonyl (C=O) groups excluding carboxylic acids is 3. The minimum absolute atomic E-state index is 0.0179. The van der Waals surface area contributed by atoms with E-state index in [0.717, 1.165) is 42.7 Å². The molecule has 0 saturated heterocycles. The normalized spacial score (nSPS) is 12.9.